The molecule has 0 aliphatic carbocycles. The summed E-state index contributed by atoms with van der Waals surface area (Å²) in [6, 6.07) is 5.40. The van der Waals surface area contributed by atoms with Gasteiger partial charge >= 0.3 is 5.97 Å². The third-order valence-corrected chi connectivity index (χ3v) is 4.44. The summed E-state index contributed by atoms with van der Waals surface area (Å²) in [4.78, 5) is 26.7. The number of hydrogen-bond acceptors (Lipinski definition) is 5. The van der Waals surface area contributed by atoms with Crippen molar-refractivity contribution in [2.75, 3.05) is 27.8 Å². The van der Waals surface area contributed by atoms with Crippen molar-refractivity contribution in [2.24, 2.45) is 0 Å². The number of ether oxygens (including phenoxy) is 2. The van der Waals surface area contributed by atoms with Crippen molar-refractivity contribution in [2.45, 2.75) is 0 Å². The predicted octanol–water partition coefficient (Wildman–Crippen LogP) is 2.03. The van der Waals surface area contributed by atoms with Gasteiger partial charge in [0.05, 0.1) is 18.7 Å². The fourth-order valence-electron chi connectivity index (χ4n) is 2.07. The molecular formula is C15H15BrN2O4S. The zero-order valence-corrected chi connectivity index (χ0v) is 15.2. The van der Waals surface area contributed by atoms with E-state index in [2.05, 4.69) is 20.7 Å². The normalized spacial score (nSPS) is 16.3. The lowest BCUT2D eigenvalue weighted by atomic mass is 10.1. The van der Waals surface area contributed by atoms with E-state index in [0.29, 0.717) is 11.4 Å². The number of amides is 1. The summed E-state index contributed by atoms with van der Waals surface area (Å²) in [6.45, 7) is -0.116. The average Bonchev–Trinajstić information content (AvgIpc) is 2.73. The van der Waals surface area contributed by atoms with Crippen LogP contribution in [0.1, 0.15) is 5.56 Å². The van der Waals surface area contributed by atoms with Gasteiger partial charge in [-0.1, -0.05) is 6.07 Å². The van der Waals surface area contributed by atoms with E-state index in [9.17, 15) is 9.59 Å². The molecule has 122 valence electrons. The second-order valence-corrected chi connectivity index (χ2v) is 5.95. The lowest BCUT2D eigenvalue weighted by Crippen LogP contribution is -2.33. The number of thiocarbonyl (C=S) groups is 1. The first-order valence-corrected chi connectivity index (χ1v) is 7.80. The molecule has 0 spiro atoms. The Balaban J connectivity index is 2.40. The van der Waals surface area contributed by atoms with Crippen molar-refractivity contribution in [3.8, 4) is 5.75 Å². The monoisotopic (exact) mass is 398 g/mol. The van der Waals surface area contributed by atoms with Crippen LogP contribution in [0.25, 0.3) is 6.08 Å². The molecule has 0 atom stereocenters. The second kappa shape index (κ2) is 7.10. The van der Waals surface area contributed by atoms with E-state index in [-0.39, 0.29) is 17.6 Å². The molecule has 1 fully saturated rings. The minimum atomic E-state index is -0.475. The number of methoxy groups -OCH3 is 2. The predicted molar refractivity (Wildman–Crippen MR) is 92.8 cm³/mol. The molecule has 0 N–H and O–H groups in total. The zero-order valence-electron chi connectivity index (χ0n) is 12.8. The SMILES string of the molecule is COC(=O)CN1C(=S)N(C)C(=O)/C1=C/c1ccc(OC)c(Br)c1. The number of hydrogen-bond donors (Lipinski definition) is 0. The topological polar surface area (TPSA) is 59.1 Å². The molecule has 2 rings (SSSR count). The highest BCUT2D eigenvalue weighted by Gasteiger charge is 2.36. The Hall–Kier alpha value is -1.93. The number of halogens is 1. The number of carbonyl (C=O) groups is 2. The maximum Gasteiger partial charge on any atom is 0.325 e. The van der Waals surface area contributed by atoms with Crippen molar-refractivity contribution >= 4 is 51.2 Å². The summed E-state index contributed by atoms with van der Waals surface area (Å²) >= 11 is 8.62. The zero-order chi connectivity index (χ0) is 17.1. The van der Waals surface area contributed by atoms with Crippen LogP contribution < -0.4 is 4.74 Å². The Labute approximate surface area is 147 Å². The summed E-state index contributed by atoms with van der Waals surface area (Å²) in [6.07, 6.45) is 1.67. The third-order valence-electron chi connectivity index (χ3n) is 3.33. The molecule has 0 radical (unpaired) electrons. The molecular weight excluding hydrogens is 384 g/mol. The van der Waals surface area contributed by atoms with Crippen LogP contribution in [0.3, 0.4) is 0 Å². The van der Waals surface area contributed by atoms with Gasteiger partial charge in [0.1, 0.15) is 18.0 Å². The van der Waals surface area contributed by atoms with Gasteiger partial charge in [-0.15, -0.1) is 0 Å². The molecule has 0 saturated carbocycles. The van der Waals surface area contributed by atoms with Crippen molar-refractivity contribution in [3.63, 3.8) is 0 Å². The molecule has 1 aromatic rings. The number of carbonyl (C=O) groups excluding carboxylic acids is 2. The highest BCUT2D eigenvalue weighted by atomic mass is 79.9. The molecule has 1 aromatic carbocycles. The van der Waals surface area contributed by atoms with Crippen molar-refractivity contribution < 1.29 is 19.1 Å². The summed E-state index contributed by atoms with van der Waals surface area (Å²) in [7, 11) is 4.43. The van der Waals surface area contributed by atoms with Gasteiger partial charge in [0.25, 0.3) is 5.91 Å². The molecule has 1 saturated heterocycles. The quantitative estimate of drug-likeness (QED) is 0.439. The maximum atomic E-state index is 12.3. The maximum absolute atomic E-state index is 12.3. The summed E-state index contributed by atoms with van der Waals surface area (Å²) < 4.78 is 10.6. The standard InChI is InChI=1S/C15H15BrN2O4S/c1-17-14(20)11(18(15(17)23)8-13(19)22-3)7-9-4-5-12(21-2)10(16)6-9/h4-7H,8H2,1-3H3/b11-7-. The first kappa shape index (κ1) is 17.4. The molecule has 6 nitrogen and oxygen atoms in total. The van der Waals surface area contributed by atoms with Gasteiger partial charge in [-0.05, 0) is 51.9 Å². The molecule has 23 heavy (non-hydrogen) atoms. The first-order chi connectivity index (χ1) is 10.9. The van der Waals surface area contributed by atoms with Gasteiger partial charge in [-0.2, -0.15) is 0 Å². The van der Waals surface area contributed by atoms with E-state index in [0.717, 1.165) is 10.0 Å². The van der Waals surface area contributed by atoms with Crippen LogP contribution in [0.2, 0.25) is 0 Å². The minimum absolute atomic E-state index is 0.116. The highest BCUT2D eigenvalue weighted by molar-refractivity contribution is 9.10. The van der Waals surface area contributed by atoms with Crippen LogP contribution >= 0.6 is 28.1 Å². The minimum Gasteiger partial charge on any atom is -0.496 e. The van der Waals surface area contributed by atoms with Crippen LogP contribution in [0.15, 0.2) is 28.4 Å². The van der Waals surface area contributed by atoms with Crippen LogP contribution in [-0.4, -0.2) is 54.6 Å². The molecule has 0 aromatic heterocycles. The summed E-state index contributed by atoms with van der Waals surface area (Å²) in [5.74, 6) is -0.0629. The number of likely N-dealkylation sites (N-methyl/N-ethyl adjacent to an activating group) is 1. The largest absolute Gasteiger partial charge is 0.496 e. The van der Waals surface area contributed by atoms with Crippen molar-refractivity contribution in [1.29, 1.82) is 0 Å². The number of esters is 1. The Kier molecular flexibility index (Phi) is 5.38. The lowest BCUT2D eigenvalue weighted by Gasteiger charge is -2.17. The highest BCUT2D eigenvalue weighted by Crippen LogP contribution is 2.28. The Morgan fingerprint density at radius 2 is 2.09 bits per heavy atom. The van der Waals surface area contributed by atoms with Crippen LogP contribution in [0.5, 0.6) is 5.75 Å². The molecule has 0 unspecified atom stereocenters. The molecule has 1 aliphatic heterocycles. The molecule has 0 bridgehead atoms. The van der Waals surface area contributed by atoms with Gasteiger partial charge in [-0.25, -0.2) is 0 Å². The van der Waals surface area contributed by atoms with E-state index < -0.39 is 5.97 Å². The van der Waals surface area contributed by atoms with Crippen LogP contribution in [0, 0.1) is 0 Å². The fraction of sp³-hybridized carbons (Fsp3) is 0.267. The smallest absolute Gasteiger partial charge is 0.325 e. The van der Waals surface area contributed by atoms with E-state index in [1.54, 1.807) is 26.3 Å². The molecule has 1 heterocycles. The Bertz CT molecular complexity index is 705. The number of rotatable bonds is 4. The number of nitrogens with zero attached hydrogens (tertiary/aromatic N) is 2. The van der Waals surface area contributed by atoms with E-state index in [4.69, 9.17) is 17.0 Å². The fourth-order valence-corrected chi connectivity index (χ4v) is 2.88. The van der Waals surface area contributed by atoms with E-state index >= 15 is 0 Å². The summed E-state index contributed by atoms with van der Waals surface area (Å²) in [5, 5.41) is 0.263. The van der Waals surface area contributed by atoms with E-state index in [1.807, 2.05) is 12.1 Å². The Morgan fingerprint density at radius 1 is 1.39 bits per heavy atom. The van der Waals surface area contributed by atoms with Gasteiger partial charge < -0.3 is 14.4 Å². The van der Waals surface area contributed by atoms with Gasteiger partial charge in [-0.3, -0.25) is 14.5 Å². The summed E-state index contributed by atoms with van der Waals surface area (Å²) in [5.41, 5.74) is 1.09. The van der Waals surface area contributed by atoms with E-state index in [1.165, 1.54) is 16.9 Å². The van der Waals surface area contributed by atoms with Crippen molar-refractivity contribution in [1.82, 2.24) is 9.80 Å². The van der Waals surface area contributed by atoms with Crippen LogP contribution in [-0.2, 0) is 14.3 Å². The first-order valence-electron chi connectivity index (χ1n) is 6.60. The van der Waals surface area contributed by atoms with Crippen LogP contribution in [0.4, 0.5) is 0 Å². The van der Waals surface area contributed by atoms with Gasteiger partial charge in [0.15, 0.2) is 5.11 Å². The molecule has 1 amide bonds. The third kappa shape index (κ3) is 3.53. The average molecular weight is 399 g/mol. The molecule has 8 heteroatoms. The number of benzene rings is 1. The lowest BCUT2D eigenvalue weighted by molar-refractivity contribution is -0.140. The van der Waals surface area contributed by atoms with Gasteiger partial charge in [0.2, 0.25) is 0 Å². The second-order valence-electron chi connectivity index (χ2n) is 4.73. The van der Waals surface area contributed by atoms with Gasteiger partial charge in [0, 0.05) is 7.05 Å². The van der Waals surface area contributed by atoms with Crippen molar-refractivity contribution in [3.05, 3.63) is 33.9 Å². The Morgan fingerprint density at radius 3 is 2.65 bits per heavy atom. The molecule has 1 aliphatic rings.